The Labute approximate surface area is 97.9 Å². The largest absolute Gasteiger partial charge is 0.302 e. The second kappa shape index (κ2) is 4.71. The van der Waals surface area contributed by atoms with Gasteiger partial charge in [-0.25, -0.2) is 10.4 Å². The zero-order chi connectivity index (χ0) is 11.5. The number of H-pyrrole nitrogens is 1. The number of nitrogens with zero attached hydrogens (tertiary/aromatic N) is 2. The monoisotopic (exact) mass is 238 g/mol. The number of hydrogen-bond acceptors (Lipinski definition) is 5. The van der Waals surface area contributed by atoms with Crippen LogP contribution < -0.4 is 11.0 Å². The van der Waals surface area contributed by atoms with Gasteiger partial charge in [0.25, 0.3) is 5.56 Å². The first-order valence-electron chi connectivity index (χ1n) is 5.04. The van der Waals surface area contributed by atoms with Crippen molar-refractivity contribution in [1.29, 1.82) is 0 Å². The van der Waals surface area contributed by atoms with Crippen LogP contribution in [0.25, 0.3) is 0 Å². The van der Waals surface area contributed by atoms with Crippen molar-refractivity contribution in [3.63, 3.8) is 0 Å². The Morgan fingerprint density at radius 3 is 3.00 bits per heavy atom. The highest BCUT2D eigenvalue weighted by Crippen LogP contribution is 2.16. The van der Waals surface area contributed by atoms with Gasteiger partial charge < -0.3 is 9.99 Å². The second-order valence-corrected chi connectivity index (χ2v) is 4.53. The summed E-state index contributed by atoms with van der Waals surface area (Å²) < 4.78 is 0. The third-order valence-electron chi connectivity index (χ3n) is 2.28. The molecule has 0 saturated carbocycles. The minimum absolute atomic E-state index is 0.100. The van der Waals surface area contributed by atoms with Crippen LogP contribution >= 0.6 is 11.8 Å². The van der Waals surface area contributed by atoms with Crippen molar-refractivity contribution in [1.82, 2.24) is 20.4 Å². The van der Waals surface area contributed by atoms with Crippen LogP contribution in [0.3, 0.4) is 0 Å². The quantitative estimate of drug-likeness (QED) is 0.604. The SMILES string of the molecule is CC1=CCNN1CSc1nc(C)cc(=O)[nH]1. The number of nitrogens with one attached hydrogen (secondary N) is 2. The lowest BCUT2D eigenvalue weighted by Crippen LogP contribution is -2.30. The topological polar surface area (TPSA) is 61.0 Å². The molecular formula is C10H14N4OS. The maximum atomic E-state index is 11.2. The number of thioether (sulfide) groups is 1. The van der Waals surface area contributed by atoms with Crippen LogP contribution in [-0.2, 0) is 0 Å². The van der Waals surface area contributed by atoms with E-state index in [0.717, 1.165) is 18.1 Å². The molecule has 0 radical (unpaired) electrons. The summed E-state index contributed by atoms with van der Waals surface area (Å²) in [5, 5.41) is 2.69. The van der Waals surface area contributed by atoms with Gasteiger partial charge in [0.1, 0.15) is 0 Å². The standard InChI is InChI=1S/C10H14N4OS/c1-7-5-9(15)13-10(12-7)16-6-14-8(2)3-4-11-14/h3,5,11H,4,6H2,1-2H3,(H,12,13,15). The van der Waals surface area contributed by atoms with Crippen molar-refractivity contribution in [3.05, 3.63) is 33.9 Å². The summed E-state index contributed by atoms with van der Waals surface area (Å²) in [5.74, 6) is 0.731. The van der Waals surface area contributed by atoms with Crippen molar-refractivity contribution in [2.45, 2.75) is 19.0 Å². The van der Waals surface area contributed by atoms with Gasteiger partial charge in [0, 0.05) is 24.0 Å². The molecule has 5 nitrogen and oxygen atoms in total. The zero-order valence-electron chi connectivity index (χ0n) is 9.28. The minimum Gasteiger partial charge on any atom is -0.302 e. The van der Waals surface area contributed by atoms with E-state index in [1.165, 1.54) is 23.5 Å². The molecule has 2 heterocycles. The highest BCUT2D eigenvalue weighted by molar-refractivity contribution is 7.99. The van der Waals surface area contributed by atoms with Gasteiger partial charge in [-0.3, -0.25) is 4.79 Å². The van der Waals surface area contributed by atoms with Crippen LogP contribution in [0.4, 0.5) is 0 Å². The lowest BCUT2D eigenvalue weighted by Gasteiger charge is -2.18. The first-order chi connectivity index (χ1) is 7.65. The molecule has 0 aromatic carbocycles. The number of aryl methyl sites for hydroxylation is 1. The predicted octanol–water partition coefficient (Wildman–Crippen LogP) is 0.852. The van der Waals surface area contributed by atoms with E-state index in [9.17, 15) is 4.79 Å². The van der Waals surface area contributed by atoms with Gasteiger partial charge in [0.15, 0.2) is 5.16 Å². The minimum atomic E-state index is -0.100. The second-order valence-electron chi connectivity index (χ2n) is 3.60. The third-order valence-corrected chi connectivity index (χ3v) is 3.14. The van der Waals surface area contributed by atoms with Crippen LogP contribution in [0.2, 0.25) is 0 Å². The van der Waals surface area contributed by atoms with E-state index in [1.54, 1.807) is 0 Å². The third kappa shape index (κ3) is 2.65. The van der Waals surface area contributed by atoms with Gasteiger partial charge in [-0.2, -0.15) is 0 Å². The van der Waals surface area contributed by atoms with Gasteiger partial charge in [-0.15, -0.1) is 0 Å². The van der Waals surface area contributed by atoms with Crippen molar-refractivity contribution in [2.24, 2.45) is 0 Å². The Morgan fingerprint density at radius 1 is 1.56 bits per heavy atom. The molecule has 0 saturated heterocycles. The average molecular weight is 238 g/mol. The van der Waals surface area contributed by atoms with Crippen LogP contribution in [-0.4, -0.2) is 27.4 Å². The molecule has 86 valence electrons. The van der Waals surface area contributed by atoms with E-state index in [4.69, 9.17) is 0 Å². The first kappa shape index (κ1) is 11.2. The Balaban J connectivity index is 1.99. The van der Waals surface area contributed by atoms with E-state index in [-0.39, 0.29) is 5.56 Å². The molecule has 2 rings (SSSR count). The van der Waals surface area contributed by atoms with Gasteiger partial charge in [-0.05, 0) is 19.9 Å². The Bertz CT molecular complexity index is 468. The first-order valence-corrected chi connectivity index (χ1v) is 6.02. The fourth-order valence-electron chi connectivity index (χ4n) is 1.43. The average Bonchev–Trinajstić information content (AvgIpc) is 2.59. The maximum absolute atomic E-state index is 11.2. The van der Waals surface area contributed by atoms with Crippen LogP contribution in [0.1, 0.15) is 12.6 Å². The fourth-order valence-corrected chi connectivity index (χ4v) is 2.36. The molecule has 1 aromatic rings. The van der Waals surface area contributed by atoms with Crippen LogP contribution in [0.15, 0.2) is 27.8 Å². The summed E-state index contributed by atoms with van der Waals surface area (Å²) in [6.07, 6.45) is 2.12. The van der Waals surface area contributed by atoms with Gasteiger partial charge in [0.2, 0.25) is 0 Å². The van der Waals surface area contributed by atoms with Crippen LogP contribution in [0.5, 0.6) is 0 Å². The maximum Gasteiger partial charge on any atom is 0.251 e. The van der Waals surface area contributed by atoms with Gasteiger partial charge >= 0.3 is 0 Å². The molecule has 0 fully saturated rings. The number of aromatic nitrogens is 2. The highest BCUT2D eigenvalue weighted by Gasteiger charge is 2.10. The summed E-state index contributed by atoms with van der Waals surface area (Å²) in [6.45, 7) is 4.73. The number of aromatic amines is 1. The summed E-state index contributed by atoms with van der Waals surface area (Å²) in [6, 6.07) is 1.49. The molecule has 6 heteroatoms. The molecular weight excluding hydrogens is 224 g/mol. The molecule has 0 atom stereocenters. The molecule has 0 spiro atoms. The number of hydrazine groups is 1. The van der Waals surface area contributed by atoms with Crippen molar-refractivity contribution < 1.29 is 0 Å². The number of hydrogen-bond donors (Lipinski definition) is 2. The summed E-state index contributed by atoms with van der Waals surface area (Å²) in [4.78, 5) is 18.2. The summed E-state index contributed by atoms with van der Waals surface area (Å²) >= 11 is 1.51. The number of allylic oxidation sites excluding steroid dienone is 1. The molecule has 1 aliphatic heterocycles. The molecule has 0 amide bonds. The normalized spacial score (nSPS) is 15.4. The predicted molar refractivity (Wildman–Crippen MR) is 63.9 cm³/mol. The molecule has 1 aliphatic rings. The van der Waals surface area contributed by atoms with E-state index in [1.807, 2.05) is 18.9 Å². The van der Waals surface area contributed by atoms with E-state index in [0.29, 0.717) is 5.16 Å². The van der Waals surface area contributed by atoms with E-state index in [2.05, 4.69) is 21.5 Å². The van der Waals surface area contributed by atoms with Crippen molar-refractivity contribution >= 4 is 11.8 Å². The lowest BCUT2D eigenvalue weighted by atomic mass is 10.5. The summed E-state index contributed by atoms with van der Waals surface area (Å²) in [5.41, 5.74) is 5.05. The lowest BCUT2D eigenvalue weighted by molar-refractivity contribution is 0.332. The molecule has 0 aliphatic carbocycles. The zero-order valence-corrected chi connectivity index (χ0v) is 10.1. The van der Waals surface area contributed by atoms with Crippen LogP contribution in [0, 0.1) is 6.92 Å². The van der Waals surface area contributed by atoms with Crippen molar-refractivity contribution in [2.75, 3.05) is 12.4 Å². The Morgan fingerprint density at radius 2 is 2.38 bits per heavy atom. The molecule has 16 heavy (non-hydrogen) atoms. The number of rotatable bonds is 3. The molecule has 1 aromatic heterocycles. The summed E-state index contributed by atoms with van der Waals surface area (Å²) in [7, 11) is 0. The smallest absolute Gasteiger partial charge is 0.251 e. The Hall–Kier alpha value is -1.27. The van der Waals surface area contributed by atoms with E-state index < -0.39 is 0 Å². The van der Waals surface area contributed by atoms with Gasteiger partial charge in [-0.1, -0.05) is 11.8 Å². The van der Waals surface area contributed by atoms with Gasteiger partial charge in [0.05, 0.1) is 5.88 Å². The molecule has 0 bridgehead atoms. The van der Waals surface area contributed by atoms with Crippen molar-refractivity contribution in [3.8, 4) is 0 Å². The molecule has 2 N–H and O–H groups in total. The Kier molecular flexibility index (Phi) is 3.31. The molecule has 0 unspecified atom stereocenters. The fraction of sp³-hybridized carbons (Fsp3) is 0.400. The van der Waals surface area contributed by atoms with E-state index >= 15 is 0 Å². The highest BCUT2D eigenvalue weighted by atomic mass is 32.2.